The minimum atomic E-state index is -1.16. The van der Waals surface area contributed by atoms with Gasteiger partial charge in [0, 0.05) is 31.4 Å². The summed E-state index contributed by atoms with van der Waals surface area (Å²) in [5, 5.41) is 9.95. The molecule has 7 heteroatoms. The number of fused-ring (bicyclic) bond motifs is 1. The maximum absolute atomic E-state index is 12.7. The van der Waals surface area contributed by atoms with Gasteiger partial charge in [-0.15, -0.1) is 0 Å². The first kappa shape index (κ1) is 16.4. The number of ether oxygens (including phenoxy) is 2. The zero-order valence-corrected chi connectivity index (χ0v) is 14.5. The highest BCUT2D eigenvalue weighted by molar-refractivity contribution is 9.12. The van der Waals surface area contributed by atoms with Crippen LogP contribution in [-0.2, 0) is 14.3 Å². The maximum Gasteiger partial charge on any atom is 0.337 e. The molecule has 0 fully saturated rings. The second-order valence-electron chi connectivity index (χ2n) is 5.86. The first-order valence-corrected chi connectivity index (χ1v) is 7.91. The highest BCUT2D eigenvalue weighted by atomic mass is 79.9. The van der Waals surface area contributed by atoms with Crippen molar-refractivity contribution in [1.82, 2.24) is 0 Å². The molecule has 24 heavy (non-hydrogen) atoms. The van der Waals surface area contributed by atoms with Gasteiger partial charge in [0.1, 0.15) is 11.5 Å². The molecular formula is C17H13BrO6. The Bertz CT molecular complexity index is 847. The summed E-state index contributed by atoms with van der Waals surface area (Å²) in [6.45, 7) is 3.13. The largest absolute Gasteiger partial charge is 0.507 e. The van der Waals surface area contributed by atoms with Gasteiger partial charge in [0.15, 0.2) is 5.78 Å². The lowest BCUT2D eigenvalue weighted by Crippen LogP contribution is -2.34. The lowest BCUT2D eigenvalue weighted by Gasteiger charge is -2.31. The fourth-order valence-electron chi connectivity index (χ4n) is 2.66. The summed E-state index contributed by atoms with van der Waals surface area (Å²) in [6, 6.07) is 4.32. The standard InChI is InChI=1S/C17H13BrO6/c1-17(2)23-8(7-12(20)24-17)6-10-14(18)16(22)9-4-3-5-11(19)13(9)15(10)21/h3-5,7,19H,6H2,1-2H3. The Hall–Kier alpha value is -2.41. The number of hydrogen-bond donors (Lipinski definition) is 1. The third-order valence-electron chi connectivity index (χ3n) is 3.61. The average Bonchev–Trinajstić information content (AvgIpc) is 2.47. The van der Waals surface area contributed by atoms with E-state index in [1.54, 1.807) is 13.8 Å². The minimum Gasteiger partial charge on any atom is -0.507 e. The zero-order chi connectivity index (χ0) is 17.6. The van der Waals surface area contributed by atoms with Crippen LogP contribution in [0.5, 0.6) is 5.75 Å². The van der Waals surface area contributed by atoms with Crippen molar-refractivity contribution in [2.45, 2.75) is 26.1 Å². The van der Waals surface area contributed by atoms with Crippen LogP contribution in [-0.4, -0.2) is 28.4 Å². The number of aromatic hydroxyl groups is 1. The molecule has 1 heterocycles. The Balaban J connectivity index is 2.01. The first-order valence-electron chi connectivity index (χ1n) is 7.12. The van der Waals surface area contributed by atoms with Crippen molar-refractivity contribution in [1.29, 1.82) is 0 Å². The summed E-state index contributed by atoms with van der Waals surface area (Å²) in [4.78, 5) is 36.8. The number of esters is 1. The highest BCUT2D eigenvalue weighted by Gasteiger charge is 2.36. The average molecular weight is 393 g/mol. The molecule has 124 valence electrons. The summed E-state index contributed by atoms with van der Waals surface area (Å²) in [5.41, 5.74) is 0.207. The number of Topliss-reactive ketones (excluding diaryl/α,β-unsaturated/α-hetero) is 2. The number of phenolic OH excluding ortho intramolecular Hbond substituents is 1. The number of carbonyl (C=O) groups excluding carboxylic acids is 3. The van der Waals surface area contributed by atoms with Crippen molar-refractivity contribution in [2.75, 3.05) is 0 Å². The Kier molecular flexibility index (Phi) is 3.83. The van der Waals surface area contributed by atoms with Gasteiger partial charge in [-0.2, -0.15) is 0 Å². The molecule has 1 aliphatic carbocycles. The molecule has 3 rings (SSSR count). The lowest BCUT2D eigenvalue weighted by atomic mass is 9.87. The molecule has 2 aliphatic rings. The smallest absolute Gasteiger partial charge is 0.337 e. The number of cyclic esters (lactones) is 1. The van der Waals surface area contributed by atoms with Gasteiger partial charge in [0.05, 0.1) is 16.1 Å². The summed E-state index contributed by atoms with van der Waals surface area (Å²) < 4.78 is 10.6. The lowest BCUT2D eigenvalue weighted by molar-refractivity contribution is -0.205. The van der Waals surface area contributed by atoms with Crippen molar-refractivity contribution < 1.29 is 29.0 Å². The van der Waals surface area contributed by atoms with E-state index >= 15 is 0 Å². The van der Waals surface area contributed by atoms with E-state index in [-0.39, 0.29) is 39.1 Å². The van der Waals surface area contributed by atoms with E-state index in [1.165, 1.54) is 18.2 Å². The number of hydrogen-bond acceptors (Lipinski definition) is 6. The van der Waals surface area contributed by atoms with Crippen molar-refractivity contribution in [3.63, 3.8) is 0 Å². The van der Waals surface area contributed by atoms with Crippen LogP contribution >= 0.6 is 15.9 Å². The zero-order valence-electron chi connectivity index (χ0n) is 12.9. The fraction of sp³-hybridized carbons (Fsp3) is 0.235. The molecule has 1 aromatic rings. The number of phenols is 1. The normalized spacial score (nSPS) is 19.5. The Labute approximate surface area is 145 Å². The van der Waals surface area contributed by atoms with E-state index in [9.17, 15) is 19.5 Å². The summed E-state index contributed by atoms with van der Waals surface area (Å²) >= 11 is 3.15. The van der Waals surface area contributed by atoms with E-state index in [0.29, 0.717) is 0 Å². The Morgan fingerprint density at radius 1 is 1.12 bits per heavy atom. The molecule has 0 radical (unpaired) electrons. The molecule has 1 aliphatic heterocycles. The third-order valence-corrected chi connectivity index (χ3v) is 4.44. The van der Waals surface area contributed by atoms with Crippen LogP contribution in [0.1, 0.15) is 41.0 Å². The van der Waals surface area contributed by atoms with Crippen molar-refractivity contribution in [2.24, 2.45) is 0 Å². The van der Waals surface area contributed by atoms with Crippen LogP contribution in [0.3, 0.4) is 0 Å². The van der Waals surface area contributed by atoms with Gasteiger partial charge in [-0.3, -0.25) is 9.59 Å². The van der Waals surface area contributed by atoms with E-state index in [4.69, 9.17) is 9.47 Å². The fourth-order valence-corrected chi connectivity index (χ4v) is 3.20. The number of ketones is 2. The molecule has 1 N–H and O–H groups in total. The molecule has 0 saturated carbocycles. The first-order chi connectivity index (χ1) is 11.2. The van der Waals surface area contributed by atoms with Gasteiger partial charge in [0.2, 0.25) is 11.6 Å². The monoisotopic (exact) mass is 392 g/mol. The molecule has 0 bridgehead atoms. The van der Waals surface area contributed by atoms with E-state index in [2.05, 4.69) is 15.9 Å². The molecule has 1 aromatic carbocycles. The van der Waals surface area contributed by atoms with Crippen LogP contribution in [0.2, 0.25) is 0 Å². The second kappa shape index (κ2) is 5.59. The summed E-state index contributed by atoms with van der Waals surface area (Å²) in [5.74, 6) is -2.69. The number of rotatable bonds is 2. The van der Waals surface area contributed by atoms with Gasteiger partial charge in [-0.25, -0.2) is 4.79 Å². The number of allylic oxidation sites excluding steroid dienone is 2. The SMILES string of the molecule is CC1(C)OC(=O)C=C(CC2=C(Br)C(=O)c3cccc(O)c3C2=O)O1. The number of halogens is 1. The topological polar surface area (TPSA) is 89.9 Å². The molecule has 0 unspecified atom stereocenters. The van der Waals surface area contributed by atoms with Gasteiger partial charge in [-0.1, -0.05) is 6.07 Å². The molecule has 0 aromatic heterocycles. The Morgan fingerprint density at radius 2 is 1.83 bits per heavy atom. The van der Waals surface area contributed by atoms with Crippen molar-refractivity contribution >= 4 is 33.5 Å². The molecule has 6 nitrogen and oxygen atoms in total. The number of carbonyl (C=O) groups is 3. The summed E-state index contributed by atoms with van der Waals surface area (Å²) in [6.07, 6.45) is 1.06. The van der Waals surface area contributed by atoms with Gasteiger partial charge in [-0.05, 0) is 28.1 Å². The molecule has 0 saturated heterocycles. The Morgan fingerprint density at radius 3 is 2.50 bits per heavy atom. The van der Waals surface area contributed by atoms with E-state index in [1.807, 2.05) is 0 Å². The molecule has 0 spiro atoms. The van der Waals surface area contributed by atoms with E-state index < -0.39 is 23.3 Å². The van der Waals surface area contributed by atoms with Gasteiger partial charge >= 0.3 is 5.97 Å². The van der Waals surface area contributed by atoms with Crippen molar-refractivity contribution in [3.8, 4) is 5.75 Å². The van der Waals surface area contributed by atoms with Crippen LogP contribution in [0.15, 0.2) is 40.1 Å². The quantitative estimate of drug-likeness (QED) is 0.777. The van der Waals surface area contributed by atoms with Gasteiger partial charge < -0.3 is 14.6 Å². The second-order valence-corrected chi connectivity index (χ2v) is 6.65. The molecular weight excluding hydrogens is 380 g/mol. The van der Waals surface area contributed by atoms with Crippen LogP contribution < -0.4 is 0 Å². The molecule has 0 atom stereocenters. The van der Waals surface area contributed by atoms with Crippen LogP contribution in [0, 0.1) is 0 Å². The summed E-state index contributed by atoms with van der Waals surface area (Å²) in [7, 11) is 0. The van der Waals surface area contributed by atoms with Gasteiger partial charge in [0.25, 0.3) is 0 Å². The molecule has 0 amide bonds. The van der Waals surface area contributed by atoms with Crippen LogP contribution in [0.25, 0.3) is 0 Å². The minimum absolute atomic E-state index is 0.0426. The third kappa shape index (κ3) is 2.75. The van der Waals surface area contributed by atoms with Crippen molar-refractivity contribution in [3.05, 3.63) is 51.2 Å². The predicted molar refractivity (Wildman–Crippen MR) is 86.7 cm³/mol. The maximum atomic E-state index is 12.7. The van der Waals surface area contributed by atoms with Crippen LogP contribution in [0.4, 0.5) is 0 Å². The number of benzene rings is 1. The predicted octanol–water partition coefficient (Wildman–Crippen LogP) is 3.00. The van der Waals surface area contributed by atoms with E-state index in [0.717, 1.165) is 6.08 Å². The highest BCUT2D eigenvalue weighted by Crippen LogP contribution is 2.37.